The van der Waals surface area contributed by atoms with E-state index in [-0.39, 0.29) is 11.7 Å². The summed E-state index contributed by atoms with van der Waals surface area (Å²) in [6.07, 6.45) is 1.23. The van der Waals surface area contributed by atoms with Crippen molar-refractivity contribution >= 4 is 10.8 Å². The van der Waals surface area contributed by atoms with Gasteiger partial charge in [0.25, 0.3) is 0 Å². The first kappa shape index (κ1) is 12.0. The van der Waals surface area contributed by atoms with Crippen LogP contribution in [0.1, 0.15) is 12.0 Å². The van der Waals surface area contributed by atoms with E-state index >= 15 is 0 Å². The fourth-order valence-electron chi connectivity index (χ4n) is 3.31. The minimum atomic E-state index is -0.366. The van der Waals surface area contributed by atoms with Gasteiger partial charge in [-0.3, -0.25) is 0 Å². The second-order valence-corrected chi connectivity index (χ2v) is 5.46. The molecule has 0 radical (unpaired) electrons. The summed E-state index contributed by atoms with van der Waals surface area (Å²) in [4.78, 5) is 0. The maximum Gasteiger partial charge on any atom is 0.160 e. The van der Waals surface area contributed by atoms with E-state index in [1.54, 1.807) is 7.11 Å². The predicted molar refractivity (Wildman–Crippen MR) is 78.4 cm³/mol. The van der Waals surface area contributed by atoms with Crippen LogP contribution < -0.4 is 0 Å². The topological polar surface area (TPSA) is 18.5 Å². The second-order valence-electron chi connectivity index (χ2n) is 5.46. The molecule has 3 unspecified atom stereocenters. The zero-order valence-electron chi connectivity index (χ0n) is 11.4. The molecule has 0 aromatic heterocycles. The lowest BCUT2D eigenvalue weighted by Gasteiger charge is -2.11. The van der Waals surface area contributed by atoms with Crippen molar-refractivity contribution in [1.29, 1.82) is 0 Å². The van der Waals surface area contributed by atoms with Crippen molar-refractivity contribution in [3.8, 4) is 11.8 Å². The van der Waals surface area contributed by atoms with Crippen molar-refractivity contribution in [3.05, 3.63) is 48.0 Å². The van der Waals surface area contributed by atoms with Gasteiger partial charge in [-0.25, -0.2) is 0 Å². The van der Waals surface area contributed by atoms with Gasteiger partial charge in [0.2, 0.25) is 0 Å². The summed E-state index contributed by atoms with van der Waals surface area (Å²) in [5.74, 6) is 7.10. The van der Waals surface area contributed by atoms with Gasteiger partial charge >= 0.3 is 0 Å². The Morgan fingerprint density at radius 2 is 2.05 bits per heavy atom. The van der Waals surface area contributed by atoms with E-state index in [1.807, 2.05) is 0 Å². The summed E-state index contributed by atoms with van der Waals surface area (Å²) < 4.78 is 11.3. The molecule has 3 atom stereocenters. The monoisotopic (exact) mass is 264 g/mol. The molecule has 0 spiro atoms. The van der Waals surface area contributed by atoms with Gasteiger partial charge in [0.05, 0.1) is 0 Å². The SMILES string of the molecule is COC1(C#Cc2cccc3ccccc23)C2CCOC21. The van der Waals surface area contributed by atoms with Crippen LogP contribution in [0.15, 0.2) is 42.5 Å². The largest absolute Gasteiger partial charge is 0.374 e. The van der Waals surface area contributed by atoms with E-state index in [1.165, 1.54) is 10.8 Å². The Morgan fingerprint density at radius 3 is 2.85 bits per heavy atom. The van der Waals surface area contributed by atoms with Gasteiger partial charge in [0, 0.05) is 25.2 Å². The first-order chi connectivity index (χ1) is 9.85. The van der Waals surface area contributed by atoms with E-state index in [2.05, 4.69) is 54.3 Å². The van der Waals surface area contributed by atoms with Gasteiger partial charge in [0.1, 0.15) is 6.10 Å². The smallest absolute Gasteiger partial charge is 0.160 e. The van der Waals surface area contributed by atoms with Crippen LogP contribution in [0.2, 0.25) is 0 Å². The Balaban J connectivity index is 1.74. The number of rotatable bonds is 1. The number of hydrogen-bond acceptors (Lipinski definition) is 2. The maximum absolute atomic E-state index is 5.68. The van der Waals surface area contributed by atoms with Gasteiger partial charge in [-0.2, -0.15) is 0 Å². The normalized spacial score (nSPS) is 30.6. The Morgan fingerprint density at radius 1 is 1.20 bits per heavy atom. The van der Waals surface area contributed by atoms with E-state index in [4.69, 9.17) is 9.47 Å². The lowest BCUT2D eigenvalue weighted by atomic mass is 10.0. The molecule has 4 rings (SSSR count). The molecule has 1 aliphatic carbocycles. The Hall–Kier alpha value is -1.82. The zero-order valence-corrected chi connectivity index (χ0v) is 11.4. The van der Waals surface area contributed by atoms with Gasteiger partial charge < -0.3 is 9.47 Å². The Labute approximate surface area is 118 Å². The van der Waals surface area contributed by atoms with Gasteiger partial charge in [-0.1, -0.05) is 48.2 Å². The van der Waals surface area contributed by atoms with E-state index in [0.717, 1.165) is 18.6 Å². The zero-order chi connectivity index (χ0) is 13.6. The van der Waals surface area contributed by atoms with Crippen LogP contribution in [-0.2, 0) is 9.47 Å². The Bertz CT molecular complexity index is 708. The molecule has 100 valence electrons. The average Bonchev–Trinajstić information content (AvgIpc) is 2.85. The van der Waals surface area contributed by atoms with Crippen molar-refractivity contribution in [3.63, 3.8) is 0 Å². The summed E-state index contributed by atoms with van der Waals surface area (Å²) in [5.41, 5.74) is 0.694. The molecule has 1 saturated carbocycles. The Kier molecular flexibility index (Phi) is 2.60. The van der Waals surface area contributed by atoms with Crippen LogP contribution in [0.25, 0.3) is 10.8 Å². The van der Waals surface area contributed by atoms with E-state index in [0.29, 0.717) is 5.92 Å². The van der Waals surface area contributed by atoms with Gasteiger partial charge in [-0.05, 0) is 23.3 Å². The van der Waals surface area contributed by atoms with Crippen LogP contribution in [0.3, 0.4) is 0 Å². The molecule has 2 aliphatic rings. The summed E-state index contributed by atoms with van der Waals surface area (Å²) in [6.45, 7) is 0.844. The molecule has 0 amide bonds. The number of ether oxygens (including phenoxy) is 2. The lowest BCUT2D eigenvalue weighted by molar-refractivity contribution is 0.0285. The number of fused-ring (bicyclic) bond motifs is 2. The molecule has 2 aromatic carbocycles. The molecule has 2 fully saturated rings. The maximum atomic E-state index is 5.68. The van der Waals surface area contributed by atoms with Crippen LogP contribution in [0.4, 0.5) is 0 Å². The van der Waals surface area contributed by atoms with Crippen molar-refractivity contribution in [2.45, 2.75) is 18.1 Å². The minimum Gasteiger partial charge on any atom is -0.374 e. The molecule has 2 nitrogen and oxygen atoms in total. The van der Waals surface area contributed by atoms with Crippen LogP contribution in [-0.4, -0.2) is 25.4 Å². The van der Waals surface area contributed by atoms with Gasteiger partial charge in [0.15, 0.2) is 5.60 Å². The van der Waals surface area contributed by atoms with Crippen LogP contribution in [0, 0.1) is 17.8 Å². The first-order valence-electron chi connectivity index (χ1n) is 7.03. The summed E-state index contributed by atoms with van der Waals surface area (Å²) in [7, 11) is 1.74. The summed E-state index contributed by atoms with van der Waals surface area (Å²) in [5, 5.41) is 2.42. The lowest BCUT2D eigenvalue weighted by Crippen LogP contribution is -2.20. The van der Waals surface area contributed by atoms with Crippen LogP contribution in [0.5, 0.6) is 0 Å². The van der Waals surface area contributed by atoms with Crippen molar-refractivity contribution in [2.24, 2.45) is 5.92 Å². The third-order valence-corrected chi connectivity index (χ3v) is 4.48. The molecule has 2 aromatic rings. The number of benzene rings is 2. The molecule has 1 aliphatic heterocycles. The number of hydrogen-bond donors (Lipinski definition) is 0. The quantitative estimate of drug-likeness (QED) is 0.737. The molecule has 0 bridgehead atoms. The third-order valence-electron chi connectivity index (χ3n) is 4.48. The molecule has 0 N–H and O–H groups in total. The third kappa shape index (κ3) is 1.61. The molecule has 1 saturated heterocycles. The van der Waals surface area contributed by atoms with Crippen molar-refractivity contribution in [2.75, 3.05) is 13.7 Å². The minimum absolute atomic E-state index is 0.176. The van der Waals surface area contributed by atoms with E-state index < -0.39 is 0 Å². The molecule has 1 heterocycles. The van der Waals surface area contributed by atoms with E-state index in [9.17, 15) is 0 Å². The fourth-order valence-corrected chi connectivity index (χ4v) is 3.31. The molecule has 2 heteroatoms. The molecular formula is C18H16O2. The predicted octanol–water partition coefficient (Wildman–Crippen LogP) is 3.00. The fraction of sp³-hybridized carbons (Fsp3) is 0.333. The van der Waals surface area contributed by atoms with Crippen LogP contribution >= 0.6 is 0 Å². The highest BCUT2D eigenvalue weighted by molar-refractivity contribution is 5.88. The second kappa shape index (κ2) is 4.34. The number of methoxy groups -OCH3 is 1. The molecule has 20 heavy (non-hydrogen) atoms. The highest BCUT2D eigenvalue weighted by Gasteiger charge is 2.68. The summed E-state index contributed by atoms with van der Waals surface area (Å²) >= 11 is 0. The summed E-state index contributed by atoms with van der Waals surface area (Å²) in [6, 6.07) is 14.6. The highest BCUT2D eigenvalue weighted by Crippen LogP contribution is 2.54. The highest BCUT2D eigenvalue weighted by atomic mass is 16.6. The standard InChI is InChI=1S/C18H16O2/c1-19-18(16-10-12-20-17(16)18)11-9-14-7-4-6-13-5-2-3-8-15(13)14/h2-8,16-17H,10,12H2,1H3. The average molecular weight is 264 g/mol. The van der Waals surface area contributed by atoms with Crippen molar-refractivity contribution in [1.82, 2.24) is 0 Å². The first-order valence-corrected chi connectivity index (χ1v) is 7.03. The van der Waals surface area contributed by atoms with Gasteiger partial charge in [-0.15, -0.1) is 0 Å². The van der Waals surface area contributed by atoms with Crippen molar-refractivity contribution < 1.29 is 9.47 Å². The molecular weight excluding hydrogens is 248 g/mol.